The Labute approximate surface area is 99.3 Å². The number of nitrogens with one attached hydrogen (secondary N) is 1. The van der Waals surface area contributed by atoms with Crippen molar-refractivity contribution in [2.45, 2.75) is 33.1 Å². The maximum absolute atomic E-state index is 3.49. The van der Waals surface area contributed by atoms with Crippen molar-refractivity contribution in [3.8, 4) is 0 Å². The summed E-state index contributed by atoms with van der Waals surface area (Å²) in [6, 6.07) is 10.9. The van der Waals surface area contributed by atoms with Crippen LogP contribution >= 0.6 is 0 Å². The first-order valence-electron chi connectivity index (χ1n) is 6.55. The maximum atomic E-state index is 3.49. The third kappa shape index (κ3) is 2.46. The van der Waals surface area contributed by atoms with Crippen molar-refractivity contribution in [3.63, 3.8) is 0 Å². The highest BCUT2D eigenvalue weighted by Gasteiger charge is 2.51. The quantitative estimate of drug-likeness (QED) is 0.771. The van der Waals surface area contributed by atoms with Crippen LogP contribution in [0.15, 0.2) is 30.3 Å². The third-order valence-electron chi connectivity index (χ3n) is 4.10. The minimum absolute atomic E-state index is 0.601. The van der Waals surface area contributed by atoms with Crippen molar-refractivity contribution in [2.24, 2.45) is 11.3 Å². The van der Waals surface area contributed by atoms with E-state index in [0.717, 1.165) is 12.5 Å². The number of hydrogen-bond donors (Lipinski definition) is 1. The van der Waals surface area contributed by atoms with Gasteiger partial charge in [-0.1, -0.05) is 44.2 Å². The van der Waals surface area contributed by atoms with Crippen LogP contribution in [0, 0.1) is 11.3 Å². The molecule has 1 fully saturated rings. The lowest BCUT2D eigenvalue weighted by atomic mass is 9.91. The second kappa shape index (κ2) is 5.01. The van der Waals surface area contributed by atoms with Gasteiger partial charge in [0.1, 0.15) is 0 Å². The molecule has 0 aliphatic heterocycles. The Bertz CT molecular complexity index is 319. The van der Waals surface area contributed by atoms with Crippen molar-refractivity contribution >= 4 is 0 Å². The summed E-state index contributed by atoms with van der Waals surface area (Å²) in [7, 11) is 0. The van der Waals surface area contributed by atoms with Gasteiger partial charge in [0.05, 0.1) is 0 Å². The van der Waals surface area contributed by atoms with E-state index >= 15 is 0 Å². The van der Waals surface area contributed by atoms with E-state index in [1.165, 1.54) is 31.4 Å². The topological polar surface area (TPSA) is 12.0 Å². The van der Waals surface area contributed by atoms with Crippen molar-refractivity contribution in [1.82, 2.24) is 5.32 Å². The Morgan fingerprint density at radius 2 is 2.00 bits per heavy atom. The Morgan fingerprint density at radius 3 is 2.62 bits per heavy atom. The van der Waals surface area contributed by atoms with Gasteiger partial charge in [0.15, 0.2) is 0 Å². The number of rotatable bonds is 6. The molecule has 16 heavy (non-hydrogen) atoms. The van der Waals surface area contributed by atoms with Crippen LogP contribution in [0.3, 0.4) is 0 Å². The van der Waals surface area contributed by atoms with Crippen LogP contribution in [0.2, 0.25) is 0 Å². The molecule has 1 aromatic rings. The fourth-order valence-electron chi connectivity index (χ4n) is 2.82. The zero-order valence-corrected chi connectivity index (χ0v) is 10.5. The molecule has 0 aromatic heterocycles. The van der Waals surface area contributed by atoms with Gasteiger partial charge >= 0.3 is 0 Å². The second-order valence-electron chi connectivity index (χ2n) is 5.09. The van der Waals surface area contributed by atoms with Crippen molar-refractivity contribution in [1.29, 1.82) is 0 Å². The van der Waals surface area contributed by atoms with Gasteiger partial charge in [-0.15, -0.1) is 0 Å². The standard InChI is InChI=1S/C15H23N/c1-3-15(11-14(15)12-16-4-2)10-13-8-6-5-7-9-13/h5-9,14,16H,3-4,10-12H2,1-2H3. The minimum atomic E-state index is 0.601. The summed E-state index contributed by atoms with van der Waals surface area (Å²) in [6.45, 7) is 6.83. The normalized spacial score (nSPS) is 28.0. The molecular formula is C15H23N. The van der Waals surface area contributed by atoms with E-state index in [-0.39, 0.29) is 0 Å². The molecule has 1 aromatic carbocycles. The Morgan fingerprint density at radius 1 is 1.25 bits per heavy atom. The monoisotopic (exact) mass is 217 g/mol. The molecule has 0 heterocycles. The summed E-state index contributed by atoms with van der Waals surface area (Å²) < 4.78 is 0. The fraction of sp³-hybridized carbons (Fsp3) is 0.600. The van der Waals surface area contributed by atoms with Gasteiger partial charge in [-0.2, -0.15) is 0 Å². The first-order valence-corrected chi connectivity index (χ1v) is 6.55. The molecule has 1 saturated carbocycles. The highest BCUT2D eigenvalue weighted by atomic mass is 14.9. The molecule has 0 amide bonds. The zero-order chi connectivity index (χ0) is 11.4. The van der Waals surface area contributed by atoms with Crippen LogP contribution in [-0.2, 0) is 6.42 Å². The molecule has 1 aliphatic rings. The van der Waals surface area contributed by atoms with Gasteiger partial charge in [-0.25, -0.2) is 0 Å². The molecule has 2 rings (SSSR count). The average molecular weight is 217 g/mol. The highest BCUT2D eigenvalue weighted by molar-refractivity contribution is 5.20. The lowest BCUT2D eigenvalue weighted by Crippen LogP contribution is -2.20. The molecule has 2 atom stereocenters. The summed E-state index contributed by atoms with van der Waals surface area (Å²) in [4.78, 5) is 0. The molecule has 88 valence electrons. The largest absolute Gasteiger partial charge is 0.317 e. The van der Waals surface area contributed by atoms with Crippen LogP contribution in [0.4, 0.5) is 0 Å². The molecule has 1 heteroatoms. The fourth-order valence-corrected chi connectivity index (χ4v) is 2.82. The van der Waals surface area contributed by atoms with Gasteiger partial charge < -0.3 is 5.32 Å². The molecule has 2 unspecified atom stereocenters. The van der Waals surface area contributed by atoms with Crippen molar-refractivity contribution in [3.05, 3.63) is 35.9 Å². The van der Waals surface area contributed by atoms with E-state index < -0.39 is 0 Å². The van der Waals surface area contributed by atoms with Crippen LogP contribution in [0.25, 0.3) is 0 Å². The van der Waals surface area contributed by atoms with Gasteiger partial charge in [0, 0.05) is 0 Å². The summed E-state index contributed by atoms with van der Waals surface area (Å²) in [5.74, 6) is 0.901. The van der Waals surface area contributed by atoms with E-state index in [0.29, 0.717) is 5.41 Å². The predicted octanol–water partition coefficient (Wildman–Crippen LogP) is 3.25. The lowest BCUT2D eigenvalue weighted by molar-refractivity contribution is 0.423. The Hall–Kier alpha value is -0.820. The van der Waals surface area contributed by atoms with Gasteiger partial charge in [0.25, 0.3) is 0 Å². The predicted molar refractivity (Wildman–Crippen MR) is 69.5 cm³/mol. The Balaban J connectivity index is 1.93. The average Bonchev–Trinajstić information content (AvgIpc) is 3.02. The molecular weight excluding hydrogens is 194 g/mol. The number of hydrogen-bond acceptors (Lipinski definition) is 1. The molecule has 1 nitrogen and oxygen atoms in total. The first kappa shape index (κ1) is 11.7. The van der Waals surface area contributed by atoms with E-state index in [2.05, 4.69) is 49.5 Å². The highest BCUT2D eigenvalue weighted by Crippen LogP contribution is 2.56. The summed E-state index contributed by atoms with van der Waals surface area (Å²) in [6.07, 6.45) is 3.99. The smallest absolute Gasteiger partial charge is 0.00150 e. The SMILES string of the molecule is CCNCC1CC1(CC)Cc1ccccc1. The maximum Gasteiger partial charge on any atom is -0.00150 e. The van der Waals surface area contributed by atoms with E-state index in [1.54, 1.807) is 0 Å². The van der Waals surface area contributed by atoms with Gasteiger partial charge in [-0.3, -0.25) is 0 Å². The van der Waals surface area contributed by atoms with Crippen LogP contribution in [-0.4, -0.2) is 13.1 Å². The first-order chi connectivity index (χ1) is 7.80. The third-order valence-corrected chi connectivity index (χ3v) is 4.10. The van der Waals surface area contributed by atoms with Crippen molar-refractivity contribution in [2.75, 3.05) is 13.1 Å². The van der Waals surface area contributed by atoms with Crippen LogP contribution in [0.5, 0.6) is 0 Å². The molecule has 0 saturated heterocycles. The molecule has 0 spiro atoms. The summed E-state index contributed by atoms with van der Waals surface area (Å²) in [5, 5.41) is 3.49. The minimum Gasteiger partial charge on any atom is -0.317 e. The summed E-state index contributed by atoms with van der Waals surface area (Å²) in [5.41, 5.74) is 2.10. The number of benzene rings is 1. The van der Waals surface area contributed by atoms with E-state index in [4.69, 9.17) is 0 Å². The molecule has 1 N–H and O–H groups in total. The van der Waals surface area contributed by atoms with Gasteiger partial charge in [0.2, 0.25) is 0 Å². The Kier molecular flexibility index (Phi) is 3.65. The molecule has 0 radical (unpaired) electrons. The van der Waals surface area contributed by atoms with Crippen LogP contribution in [0.1, 0.15) is 32.3 Å². The van der Waals surface area contributed by atoms with Crippen LogP contribution < -0.4 is 5.32 Å². The van der Waals surface area contributed by atoms with E-state index in [9.17, 15) is 0 Å². The van der Waals surface area contributed by atoms with E-state index in [1.807, 2.05) is 0 Å². The molecule has 1 aliphatic carbocycles. The second-order valence-corrected chi connectivity index (χ2v) is 5.09. The summed E-state index contributed by atoms with van der Waals surface area (Å²) >= 11 is 0. The van der Waals surface area contributed by atoms with Crippen molar-refractivity contribution < 1.29 is 0 Å². The lowest BCUT2D eigenvalue weighted by Gasteiger charge is -2.15. The van der Waals surface area contributed by atoms with Gasteiger partial charge in [-0.05, 0) is 49.2 Å². The zero-order valence-electron chi connectivity index (χ0n) is 10.5. The molecule has 0 bridgehead atoms.